The fourth-order valence-corrected chi connectivity index (χ4v) is 0.740. The molecular formula is C7H15FO3. The average Bonchev–Trinajstić information content (AvgIpc) is 2.00. The predicted octanol–water partition coefficient (Wildman–Crippen LogP) is 1.68. The molecule has 0 bridgehead atoms. The molecule has 0 aliphatic rings. The third-order valence-electron chi connectivity index (χ3n) is 1.30. The highest BCUT2D eigenvalue weighted by molar-refractivity contribution is 4.71. The van der Waals surface area contributed by atoms with Gasteiger partial charge in [-0.15, -0.1) is 0 Å². The van der Waals surface area contributed by atoms with Crippen molar-refractivity contribution in [2.24, 2.45) is 0 Å². The highest BCUT2D eigenvalue weighted by Crippen LogP contribution is 2.18. The Labute approximate surface area is 66.3 Å². The van der Waals surface area contributed by atoms with Crippen molar-refractivity contribution in [2.75, 3.05) is 13.7 Å². The zero-order valence-corrected chi connectivity index (χ0v) is 7.39. The average molecular weight is 166 g/mol. The zero-order valence-electron chi connectivity index (χ0n) is 7.39. The standard InChI is InChI=1S/C7H15FO3/c1-5-10-6(9-4)7(2,3)11-8/h6H,5H2,1-4H3. The molecule has 0 fully saturated rings. The maximum absolute atomic E-state index is 11.9. The number of hydrogen-bond donors (Lipinski definition) is 0. The van der Waals surface area contributed by atoms with Gasteiger partial charge in [0.25, 0.3) is 0 Å². The first-order chi connectivity index (χ1) is 5.08. The third-order valence-corrected chi connectivity index (χ3v) is 1.30. The molecule has 0 aromatic heterocycles. The van der Waals surface area contributed by atoms with Gasteiger partial charge in [-0.25, -0.2) is 0 Å². The van der Waals surface area contributed by atoms with Crippen molar-refractivity contribution >= 4 is 0 Å². The lowest BCUT2D eigenvalue weighted by Crippen LogP contribution is -2.40. The molecule has 0 amide bonds. The van der Waals surface area contributed by atoms with E-state index in [0.29, 0.717) is 6.61 Å². The van der Waals surface area contributed by atoms with Crippen molar-refractivity contribution in [2.45, 2.75) is 32.7 Å². The summed E-state index contributed by atoms with van der Waals surface area (Å²) in [6, 6.07) is 0. The molecule has 0 aromatic rings. The molecule has 4 heteroatoms. The van der Waals surface area contributed by atoms with Crippen molar-refractivity contribution in [1.29, 1.82) is 0 Å². The first kappa shape index (κ1) is 10.8. The lowest BCUT2D eigenvalue weighted by Gasteiger charge is -2.27. The molecule has 0 spiro atoms. The molecule has 0 N–H and O–H groups in total. The Kier molecular flexibility index (Phi) is 4.56. The van der Waals surface area contributed by atoms with Gasteiger partial charge in [-0.3, -0.25) is 0 Å². The van der Waals surface area contributed by atoms with Crippen molar-refractivity contribution in [1.82, 2.24) is 0 Å². The minimum atomic E-state index is -1.05. The summed E-state index contributed by atoms with van der Waals surface area (Å²) in [5.41, 5.74) is -1.05. The second kappa shape index (κ2) is 4.64. The van der Waals surface area contributed by atoms with Crippen molar-refractivity contribution < 1.29 is 18.9 Å². The van der Waals surface area contributed by atoms with Crippen LogP contribution in [0.25, 0.3) is 0 Å². The quantitative estimate of drug-likeness (QED) is 0.581. The van der Waals surface area contributed by atoms with Gasteiger partial charge in [-0.2, -0.15) is 4.94 Å². The van der Waals surface area contributed by atoms with Gasteiger partial charge in [0.2, 0.25) is 0 Å². The third kappa shape index (κ3) is 3.14. The topological polar surface area (TPSA) is 27.7 Å². The molecule has 0 saturated heterocycles. The summed E-state index contributed by atoms with van der Waals surface area (Å²) in [6.07, 6.45) is -0.669. The molecule has 0 heterocycles. The van der Waals surface area contributed by atoms with Crippen molar-refractivity contribution in [3.05, 3.63) is 0 Å². The number of hydrogen-bond acceptors (Lipinski definition) is 3. The van der Waals surface area contributed by atoms with Gasteiger partial charge in [0.05, 0.1) is 0 Å². The lowest BCUT2D eigenvalue weighted by atomic mass is 10.1. The maximum Gasteiger partial charge on any atom is 0.189 e. The highest BCUT2D eigenvalue weighted by Gasteiger charge is 2.32. The van der Waals surface area contributed by atoms with Crippen LogP contribution in [0.2, 0.25) is 0 Å². The smallest absolute Gasteiger partial charge is 0.189 e. The molecule has 1 atom stereocenters. The normalized spacial score (nSPS) is 15.0. The Bertz CT molecular complexity index is 106. The summed E-state index contributed by atoms with van der Waals surface area (Å²) in [5.74, 6) is 0. The van der Waals surface area contributed by atoms with E-state index < -0.39 is 11.9 Å². The number of halogens is 1. The summed E-state index contributed by atoms with van der Waals surface area (Å²) in [6.45, 7) is 5.37. The monoisotopic (exact) mass is 166 g/mol. The largest absolute Gasteiger partial charge is 0.353 e. The second-order valence-corrected chi connectivity index (χ2v) is 2.70. The first-order valence-electron chi connectivity index (χ1n) is 3.52. The molecule has 0 aliphatic heterocycles. The summed E-state index contributed by atoms with van der Waals surface area (Å²) in [4.78, 5) is 3.69. The van der Waals surface area contributed by atoms with E-state index in [1.54, 1.807) is 20.8 Å². The van der Waals surface area contributed by atoms with Crippen LogP contribution in [0.4, 0.5) is 4.53 Å². The molecule has 0 rings (SSSR count). The molecule has 11 heavy (non-hydrogen) atoms. The summed E-state index contributed by atoms with van der Waals surface area (Å²) < 4.78 is 21.8. The van der Waals surface area contributed by atoms with Crippen LogP contribution in [-0.4, -0.2) is 25.6 Å². The van der Waals surface area contributed by atoms with E-state index in [4.69, 9.17) is 9.47 Å². The highest BCUT2D eigenvalue weighted by atomic mass is 19.3. The van der Waals surface area contributed by atoms with Gasteiger partial charge in [0, 0.05) is 13.7 Å². The zero-order chi connectivity index (χ0) is 8.91. The molecule has 0 saturated carbocycles. The Morgan fingerprint density at radius 1 is 1.45 bits per heavy atom. The van der Waals surface area contributed by atoms with E-state index in [0.717, 1.165) is 0 Å². The first-order valence-corrected chi connectivity index (χ1v) is 3.52. The minimum absolute atomic E-state index is 0.464. The SMILES string of the molecule is CCOC(OC)C(C)(C)OF. The van der Waals surface area contributed by atoms with Crippen molar-refractivity contribution in [3.63, 3.8) is 0 Å². The fourth-order valence-electron chi connectivity index (χ4n) is 0.740. The van der Waals surface area contributed by atoms with Crippen LogP contribution in [0.5, 0.6) is 0 Å². The van der Waals surface area contributed by atoms with Crippen LogP contribution < -0.4 is 0 Å². The van der Waals surface area contributed by atoms with E-state index in [1.165, 1.54) is 7.11 Å². The van der Waals surface area contributed by atoms with Gasteiger partial charge in [0.1, 0.15) is 0 Å². The van der Waals surface area contributed by atoms with Crippen LogP contribution >= 0.6 is 0 Å². The number of rotatable bonds is 5. The maximum atomic E-state index is 11.9. The van der Waals surface area contributed by atoms with Gasteiger partial charge < -0.3 is 9.47 Å². The molecular weight excluding hydrogens is 151 g/mol. The Hall–Kier alpha value is -0.190. The Balaban J connectivity index is 3.99. The van der Waals surface area contributed by atoms with E-state index in [2.05, 4.69) is 4.94 Å². The molecule has 0 aromatic carbocycles. The number of ether oxygens (including phenoxy) is 2. The van der Waals surface area contributed by atoms with Crippen molar-refractivity contribution in [3.8, 4) is 0 Å². The molecule has 0 aliphatic carbocycles. The van der Waals surface area contributed by atoms with Gasteiger partial charge in [-0.05, 0) is 25.3 Å². The summed E-state index contributed by atoms with van der Waals surface area (Å²) in [7, 11) is 1.45. The van der Waals surface area contributed by atoms with Crippen LogP contribution in [0.3, 0.4) is 0 Å². The van der Waals surface area contributed by atoms with E-state index >= 15 is 0 Å². The van der Waals surface area contributed by atoms with Crippen LogP contribution in [0.15, 0.2) is 0 Å². The summed E-state index contributed by atoms with van der Waals surface area (Å²) in [5, 5.41) is 0. The van der Waals surface area contributed by atoms with Crippen LogP contribution in [0, 0.1) is 0 Å². The van der Waals surface area contributed by atoms with E-state index in [1.807, 2.05) is 0 Å². The van der Waals surface area contributed by atoms with Gasteiger partial charge in [0.15, 0.2) is 11.9 Å². The Morgan fingerprint density at radius 2 is 2.00 bits per heavy atom. The minimum Gasteiger partial charge on any atom is -0.353 e. The lowest BCUT2D eigenvalue weighted by molar-refractivity contribution is -0.310. The van der Waals surface area contributed by atoms with E-state index in [9.17, 15) is 4.53 Å². The Morgan fingerprint density at radius 3 is 2.27 bits per heavy atom. The summed E-state index contributed by atoms with van der Waals surface area (Å²) >= 11 is 0. The van der Waals surface area contributed by atoms with Gasteiger partial charge in [-0.1, -0.05) is 0 Å². The second-order valence-electron chi connectivity index (χ2n) is 2.70. The van der Waals surface area contributed by atoms with Crippen LogP contribution in [0.1, 0.15) is 20.8 Å². The molecule has 0 radical (unpaired) electrons. The number of methoxy groups -OCH3 is 1. The van der Waals surface area contributed by atoms with Gasteiger partial charge >= 0.3 is 0 Å². The van der Waals surface area contributed by atoms with Crippen LogP contribution in [-0.2, 0) is 14.4 Å². The molecule has 3 nitrogen and oxygen atoms in total. The molecule has 68 valence electrons. The fraction of sp³-hybridized carbons (Fsp3) is 1.00. The predicted molar refractivity (Wildman–Crippen MR) is 38.7 cm³/mol. The molecule has 1 unspecified atom stereocenters. The van der Waals surface area contributed by atoms with E-state index in [-0.39, 0.29) is 0 Å².